The van der Waals surface area contributed by atoms with Crippen LogP contribution in [0.4, 0.5) is 0 Å². The summed E-state index contributed by atoms with van der Waals surface area (Å²) in [6.45, 7) is 2.02. The molecule has 1 aromatic heterocycles. The molecule has 0 bridgehead atoms. The van der Waals surface area contributed by atoms with Gasteiger partial charge < -0.3 is 4.79 Å². The molecule has 0 radical (unpaired) electrons. The zero-order chi connectivity index (χ0) is 8.55. The molecule has 2 atom stereocenters. The number of rotatable bonds is 2. The van der Waals surface area contributed by atoms with Gasteiger partial charge in [-0.05, 0) is 30.4 Å². The second kappa shape index (κ2) is 2.70. The summed E-state index contributed by atoms with van der Waals surface area (Å²) in [7, 11) is 0. The summed E-state index contributed by atoms with van der Waals surface area (Å²) in [5.74, 6) is 0.712. The van der Waals surface area contributed by atoms with Crippen molar-refractivity contribution in [1.82, 2.24) is 4.98 Å². The zero-order valence-electron chi connectivity index (χ0n) is 7.03. The van der Waals surface area contributed by atoms with Crippen molar-refractivity contribution in [1.29, 1.82) is 0 Å². The van der Waals surface area contributed by atoms with E-state index in [-0.39, 0.29) is 5.92 Å². The molecule has 0 aromatic carbocycles. The minimum absolute atomic E-state index is 0.258. The lowest BCUT2D eigenvalue weighted by molar-refractivity contribution is -0.108. The number of aromatic nitrogens is 1. The van der Waals surface area contributed by atoms with E-state index in [1.54, 1.807) is 0 Å². The molecule has 1 aromatic rings. The SMILES string of the molecule is Cc1cncc([C@H]2C[C@@H]2C=O)c1. The third kappa shape index (κ3) is 1.24. The van der Waals surface area contributed by atoms with Gasteiger partial charge in [0, 0.05) is 18.3 Å². The van der Waals surface area contributed by atoms with Crippen LogP contribution in [0.15, 0.2) is 18.5 Å². The summed E-state index contributed by atoms with van der Waals surface area (Å²) in [5.41, 5.74) is 2.39. The first kappa shape index (κ1) is 7.47. The Kier molecular flexibility index (Phi) is 1.68. The number of hydrogen-bond acceptors (Lipinski definition) is 2. The molecule has 2 nitrogen and oxygen atoms in total. The molecule has 0 aliphatic heterocycles. The fourth-order valence-electron chi connectivity index (χ4n) is 1.53. The van der Waals surface area contributed by atoms with Crippen LogP contribution in [0.1, 0.15) is 23.5 Å². The molecule has 62 valence electrons. The third-order valence-electron chi connectivity index (χ3n) is 2.34. The van der Waals surface area contributed by atoms with Crippen molar-refractivity contribution in [3.8, 4) is 0 Å². The number of aryl methyl sites for hydroxylation is 1. The first-order chi connectivity index (χ1) is 5.81. The molecule has 1 saturated carbocycles. The van der Waals surface area contributed by atoms with E-state index in [0.29, 0.717) is 5.92 Å². The van der Waals surface area contributed by atoms with Crippen molar-refractivity contribution >= 4 is 6.29 Å². The molecule has 0 spiro atoms. The smallest absolute Gasteiger partial charge is 0.123 e. The fraction of sp³-hybridized carbons (Fsp3) is 0.400. The first-order valence-corrected chi connectivity index (χ1v) is 4.18. The van der Waals surface area contributed by atoms with Gasteiger partial charge >= 0.3 is 0 Å². The molecule has 1 heterocycles. The predicted octanol–water partition coefficient (Wildman–Crippen LogP) is 1.69. The van der Waals surface area contributed by atoms with Crippen LogP contribution in [0, 0.1) is 12.8 Å². The van der Waals surface area contributed by atoms with E-state index in [2.05, 4.69) is 11.1 Å². The maximum atomic E-state index is 10.4. The van der Waals surface area contributed by atoms with Crippen molar-refractivity contribution in [2.75, 3.05) is 0 Å². The van der Waals surface area contributed by atoms with E-state index in [1.807, 2.05) is 19.3 Å². The first-order valence-electron chi connectivity index (χ1n) is 4.18. The number of aldehydes is 1. The van der Waals surface area contributed by atoms with Crippen molar-refractivity contribution in [3.63, 3.8) is 0 Å². The topological polar surface area (TPSA) is 30.0 Å². The molecular formula is C10H11NO. The van der Waals surface area contributed by atoms with Crippen molar-refractivity contribution in [2.24, 2.45) is 5.92 Å². The second-order valence-electron chi connectivity index (χ2n) is 3.44. The summed E-state index contributed by atoms with van der Waals surface area (Å²) < 4.78 is 0. The zero-order valence-corrected chi connectivity index (χ0v) is 7.03. The highest BCUT2D eigenvalue weighted by Crippen LogP contribution is 2.45. The van der Waals surface area contributed by atoms with Crippen molar-refractivity contribution < 1.29 is 4.79 Å². The molecule has 0 saturated heterocycles. The third-order valence-corrected chi connectivity index (χ3v) is 2.34. The van der Waals surface area contributed by atoms with Gasteiger partial charge in [-0.1, -0.05) is 6.07 Å². The van der Waals surface area contributed by atoms with Crippen LogP contribution in [0.2, 0.25) is 0 Å². The lowest BCUT2D eigenvalue weighted by Crippen LogP contribution is -1.87. The van der Waals surface area contributed by atoms with E-state index in [9.17, 15) is 4.79 Å². The average molecular weight is 161 g/mol. The van der Waals surface area contributed by atoms with Crippen LogP contribution in [-0.2, 0) is 4.79 Å². The molecule has 1 fully saturated rings. The van der Waals surface area contributed by atoms with E-state index in [0.717, 1.165) is 12.7 Å². The molecule has 1 aliphatic rings. The lowest BCUT2D eigenvalue weighted by atomic mass is 10.1. The van der Waals surface area contributed by atoms with Crippen LogP contribution in [0.25, 0.3) is 0 Å². The summed E-state index contributed by atoms with van der Waals surface area (Å²) in [6, 6.07) is 2.11. The molecular weight excluding hydrogens is 150 g/mol. The second-order valence-corrected chi connectivity index (χ2v) is 3.44. The van der Waals surface area contributed by atoms with Gasteiger partial charge in [-0.25, -0.2) is 0 Å². The Labute approximate surface area is 71.6 Å². The van der Waals surface area contributed by atoms with Crippen LogP contribution in [-0.4, -0.2) is 11.3 Å². The van der Waals surface area contributed by atoms with Gasteiger partial charge in [-0.15, -0.1) is 0 Å². The number of carbonyl (C=O) groups is 1. The van der Waals surface area contributed by atoms with Crippen LogP contribution < -0.4 is 0 Å². The summed E-state index contributed by atoms with van der Waals surface area (Å²) in [6.07, 6.45) is 5.75. The molecule has 0 amide bonds. The van der Waals surface area contributed by atoms with Gasteiger partial charge in [-0.3, -0.25) is 4.98 Å². The Morgan fingerprint density at radius 1 is 1.58 bits per heavy atom. The van der Waals surface area contributed by atoms with Crippen LogP contribution in [0.5, 0.6) is 0 Å². The summed E-state index contributed by atoms with van der Waals surface area (Å²) in [4.78, 5) is 14.5. The Bertz CT molecular complexity index is 308. The Hall–Kier alpha value is -1.18. The van der Waals surface area contributed by atoms with Crippen LogP contribution >= 0.6 is 0 Å². The molecule has 0 N–H and O–H groups in total. The average Bonchev–Trinajstić information content (AvgIpc) is 2.83. The highest BCUT2D eigenvalue weighted by atomic mass is 16.1. The molecule has 1 aliphatic carbocycles. The van der Waals surface area contributed by atoms with Gasteiger partial charge in [0.1, 0.15) is 6.29 Å². The predicted molar refractivity (Wildman–Crippen MR) is 45.9 cm³/mol. The van der Waals surface area contributed by atoms with E-state index < -0.39 is 0 Å². The molecule has 0 unspecified atom stereocenters. The summed E-state index contributed by atoms with van der Waals surface area (Å²) in [5, 5.41) is 0. The Balaban J connectivity index is 2.19. The minimum Gasteiger partial charge on any atom is -0.303 e. The highest BCUT2D eigenvalue weighted by Gasteiger charge is 2.38. The maximum Gasteiger partial charge on any atom is 0.123 e. The molecule has 2 rings (SSSR count). The van der Waals surface area contributed by atoms with Crippen molar-refractivity contribution in [3.05, 3.63) is 29.6 Å². The van der Waals surface area contributed by atoms with E-state index in [1.165, 1.54) is 11.1 Å². The number of carbonyl (C=O) groups excluding carboxylic acids is 1. The standard InChI is InChI=1S/C10H11NO/c1-7-2-8(5-11-4-7)10-3-9(10)6-12/h2,4-6,9-10H,3H2,1H3/t9-,10-/m1/s1. The quantitative estimate of drug-likeness (QED) is 0.618. The van der Waals surface area contributed by atoms with E-state index in [4.69, 9.17) is 0 Å². The molecule has 2 heteroatoms. The number of hydrogen-bond donors (Lipinski definition) is 0. The maximum absolute atomic E-state index is 10.4. The largest absolute Gasteiger partial charge is 0.303 e. The number of pyridine rings is 1. The number of nitrogens with zero attached hydrogens (tertiary/aromatic N) is 1. The highest BCUT2D eigenvalue weighted by molar-refractivity contribution is 5.61. The Morgan fingerprint density at radius 2 is 2.42 bits per heavy atom. The molecule has 12 heavy (non-hydrogen) atoms. The fourth-order valence-corrected chi connectivity index (χ4v) is 1.53. The monoisotopic (exact) mass is 161 g/mol. The summed E-state index contributed by atoms with van der Waals surface area (Å²) >= 11 is 0. The van der Waals surface area contributed by atoms with Crippen molar-refractivity contribution in [2.45, 2.75) is 19.3 Å². The lowest BCUT2D eigenvalue weighted by Gasteiger charge is -1.97. The van der Waals surface area contributed by atoms with Gasteiger partial charge in [0.25, 0.3) is 0 Å². The van der Waals surface area contributed by atoms with Gasteiger partial charge in [0.15, 0.2) is 0 Å². The van der Waals surface area contributed by atoms with E-state index >= 15 is 0 Å². The minimum atomic E-state index is 0.258. The van der Waals surface area contributed by atoms with Crippen LogP contribution in [0.3, 0.4) is 0 Å². The Morgan fingerprint density at radius 3 is 3.00 bits per heavy atom. The normalized spacial score (nSPS) is 26.8. The van der Waals surface area contributed by atoms with Gasteiger partial charge in [-0.2, -0.15) is 0 Å². The van der Waals surface area contributed by atoms with Gasteiger partial charge in [0.05, 0.1) is 0 Å². The van der Waals surface area contributed by atoms with Gasteiger partial charge in [0.2, 0.25) is 0 Å².